The third-order valence-electron chi connectivity index (χ3n) is 4.63. The van der Waals surface area contributed by atoms with Gasteiger partial charge >= 0.3 is 0 Å². The molecule has 5 nitrogen and oxygen atoms in total. The van der Waals surface area contributed by atoms with Crippen LogP contribution in [0.25, 0.3) is 17.1 Å². The molecule has 0 aliphatic heterocycles. The molecule has 0 aliphatic carbocycles. The van der Waals surface area contributed by atoms with Crippen molar-refractivity contribution in [2.24, 2.45) is 0 Å². The lowest BCUT2D eigenvalue weighted by molar-refractivity contribution is 0.101. The second-order valence-corrected chi connectivity index (χ2v) is 7.84. The van der Waals surface area contributed by atoms with Crippen molar-refractivity contribution >= 4 is 27.5 Å². The number of amides is 1. The first-order chi connectivity index (χ1) is 14.4. The molecule has 0 bridgehead atoms. The van der Waals surface area contributed by atoms with E-state index in [2.05, 4.69) is 31.3 Å². The molecule has 0 fully saturated rings. The van der Waals surface area contributed by atoms with E-state index >= 15 is 0 Å². The molecule has 1 amide bonds. The zero-order valence-corrected chi connectivity index (χ0v) is 17.9. The minimum absolute atomic E-state index is 0.0252. The Balaban J connectivity index is 1.75. The highest BCUT2D eigenvalue weighted by atomic mass is 79.9. The highest BCUT2D eigenvalue weighted by Gasteiger charge is 2.19. The lowest BCUT2D eigenvalue weighted by Gasteiger charge is -2.07. The van der Waals surface area contributed by atoms with Gasteiger partial charge in [-0.15, -0.1) is 5.10 Å². The number of benzene rings is 3. The van der Waals surface area contributed by atoms with E-state index in [1.807, 2.05) is 56.3 Å². The Bertz CT molecular complexity index is 1150. The molecular formula is C23H18BrFN4O. The van der Waals surface area contributed by atoms with E-state index in [0.717, 1.165) is 21.3 Å². The molecular weight excluding hydrogens is 447 g/mol. The van der Waals surface area contributed by atoms with Crippen LogP contribution in [0.3, 0.4) is 0 Å². The number of carbonyl (C=O) groups excluding carboxylic acids is 1. The zero-order chi connectivity index (χ0) is 21.3. The Morgan fingerprint density at radius 1 is 1.00 bits per heavy atom. The number of nitrogens with zero attached hydrogens (tertiary/aromatic N) is 3. The number of aromatic nitrogens is 3. The number of halogens is 2. The maximum absolute atomic E-state index is 13.4. The highest BCUT2D eigenvalue weighted by Crippen LogP contribution is 2.24. The first-order valence-corrected chi connectivity index (χ1v) is 10.1. The van der Waals surface area contributed by atoms with Gasteiger partial charge in [-0.05, 0) is 74.0 Å². The van der Waals surface area contributed by atoms with E-state index in [1.165, 1.54) is 12.1 Å². The topological polar surface area (TPSA) is 59.8 Å². The van der Waals surface area contributed by atoms with Gasteiger partial charge in [0.25, 0.3) is 5.91 Å². The van der Waals surface area contributed by atoms with Crippen LogP contribution in [0.15, 0.2) is 71.2 Å². The maximum Gasteiger partial charge on any atom is 0.295 e. The first kappa shape index (κ1) is 20.0. The molecule has 0 saturated carbocycles. The van der Waals surface area contributed by atoms with E-state index in [1.54, 1.807) is 16.8 Å². The van der Waals surface area contributed by atoms with E-state index in [0.29, 0.717) is 17.1 Å². The molecule has 0 spiro atoms. The molecule has 7 heteroatoms. The van der Waals surface area contributed by atoms with Crippen LogP contribution in [0.2, 0.25) is 0 Å². The van der Waals surface area contributed by atoms with E-state index in [-0.39, 0.29) is 11.6 Å². The second kappa shape index (κ2) is 8.20. The zero-order valence-electron chi connectivity index (χ0n) is 16.4. The summed E-state index contributed by atoms with van der Waals surface area (Å²) in [5.41, 5.74) is 4.10. The van der Waals surface area contributed by atoms with Crippen molar-refractivity contribution in [2.45, 2.75) is 13.8 Å². The summed E-state index contributed by atoms with van der Waals surface area (Å²) in [6.45, 7) is 3.90. The Morgan fingerprint density at radius 3 is 2.37 bits per heavy atom. The summed E-state index contributed by atoms with van der Waals surface area (Å²) in [6, 6.07) is 19.2. The molecule has 150 valence electrons. The molecule has 1 aromatic heterocycles. The molecule has 1 heterocycles. The predicted molar refractivity (Wildman–Crippen MR) is 118 cm³/mol. The van der Waals surface area contributed by atoms with Crippen LogP contribution in [0.4, 0.5) is 10.1 Å². The van der Waals surface area contributed by atoms with Gasteiger partial charge in [-0.1, -0.05) is 33.6 Å². The molecule has 4 aromatic rings. The maximum atomic E-state index is 13.4. The third-order valence-corrected chi connectivity index (χ3v) is 5.12. The van der Waals surface area contributed by atoms with Crippen molar-refractivity contribution < 1.29 is 9.18 Å². The molecule has 0 unspecified atom stereocenters. The van der Waals surface area contributed by atoms with E-state index in [9.17, 15) is 9.18 Å². The van der Waals surface area contributed by atoms with Crippen molar-refractivity contribution in [1.82, 2.24) is 14.8 Å². The van der Waals surface area contributed by atoms with Crippen molar-refractivity contribution in [3.05, 3.63) is 94.0 Å². The minimum Gasteiger partial charge on any atom is -0.319 e. The lowest BCUT2D eigenvalue weighted by atomic mass is 10.2. The molecule has 4 rings (SSSR count). The smallest absolute Gasteiger partial charge is 0.295 e. The van der Waals surface area contributed by atoms with Crippen LogP contribution < -0.4 is 5.32 Å². The minimum atomic E-state index is -0.422. The van der Waals surface area contributed by atoms with Gasteiger partial charge in [0.1, 0.15) is 5.82 Å². The van der Waals surface area contributed by atoms with Crippen molar-refractivity contribution in [1.29, 1.82) is 0 Å². The van der Waals surface area contributed by atoms with Gasteiger partial charge in [0.15, 0.2) is 5.82 Å². The fourth-order valence-electron chi connectivity index (χ4n) is 3.01. The van der Waals surface area contributed by atoms with Crippen LogP contribution in [-0.4, -0.2) is 20.7 Å². The summed E-state index contributed by atoms with van der Waals surface area (Å²) in [5.74, 6) is -0.285. The van der Waals surface area contributed by atoms with E-state index < -0.39 is 5.91 Å². The van der Waals surface area contributed by atoms with Gasteiger partial charge in [-0.3, -0.25) is 4.79 Å². The molecule has 0 saturated heterocycles. The Labute approximate surface area is 181 Å². The standard InChI is InChI=1S/C23H18BrFN4O/c1-14-3-10-19(11-4-14)29-22(16-5-8-18(25)9-6-16)27-21(28-29)23(30)26-20-12-7-17(24)13-15(20)2/h3-13H,1-2H3,(H,26,30). The number of carbonyl (C=O) groups is 1. The number of hydrogen-bond donors (Lipinski definition) is 1. The molecule has 30 heavy (non-hydrogen) atoms. The predicted octanol–water partition coefficient (Wildman–Crippen LogP) is 5.71. The van der Waals surface area contributed by atoms with E-state index in [4.69, 9.17) is 0 Å². The summed E-state index contributed by atoms with van der Waals surface area (Å²) < 4.78 is 15.9. The van der Waals surface area contributed by atoms with Crippen LogP contribution in [0, 0.1) is 19.7 Å². The fourth-order valence-corrected chi connectivity index (χ4v) is 3.48. The van der Waals surface area contributed by atoms with Crippen LogP contribution in [0.5, 0.6) is 0 Å². The van der Waals surface area contributed by atoms with Gasteiger partial charge < -0.3 is 5.32 Å². The molecule has 0 radical (unpaired) electrons. The van der Waals surface area contributed by atoms with Gasteiger partial charge in [-0.2, -0.15) is 0 Å². The fraction of sp³-hybridized carbons (Fsp3) is 0.0870. The monoisotopic (exact) mass is 464 g/mol. The number of aryl methyl sites for hydroxylation is 2. The Morgan fingerprint density at radius 2 is 1.70 bits per heavy atom. The summed E-state index contributed by atoms with van der Waals surface area (Å²) in [6.07, 6.45) is 0. The average molecular weight is 465 g/mol. The van der Waals surface area contributed by atoms with Gasteiger partial charge in [0.05, 0.1) is 5.69 Å². The van der Waals surface area contributed by atoms with Crippen LogP contribution in [-0.2, 0) is 0 Å². The Kier molecular flexibility index (Phi) is 5.46. The number of anilines is 1. The van der Waals surface area contributed by atoms with Crippen LogP contribution in [0.1, 0.15) is 21.7 Å². The summed E-state index contributed by atoms with van der Waals surface area (Å²) in [7, 11) is 0. The quantitative estimate of drug-likeness (QED) is 0.420. The van der Waals surface area contributed by atoms with Gasteiger partial charge in [-0.25, -0.2) is 14.1 Å². The summed E-state index contributed by atoms with van der Waals surface area (Å²) in [5, 5.41) is 7.30. The van der Waals surface area contributed by atoms with Gasteiger partial charge in [0.2, 0.25) is 5.82 Å². The van der Waals surface area contributed by atoms with Crippen LogP contribution >= 0.6 is 15.9 Å². The highest BCUT2D eigenvalue weighted by molar-refractivity contribution is 9.10. The number of nitrogens with one attached hydrogen (secondary N) is 1. The average Bonchev–Trinajstić information content (AvgIpc) is 3.17. The van der Waals surface area contributed by atoms with Crippen molar-refractivity contribution in [2.75, 3.05) is 5.32 Å². The third kappa shape index (κ3) is 4.16. The summed E-state index contributed by atoms with van der Waals surface area (Å²) in [4.78, 5) is 17.3. The molecule has 0 aliphatic rings. The number of hydrogen-bond acceptors (Lipinski definition) is 3. The largest absolute Gasteiger partial charge is 0.319 e. The Hall–Kier alpha value is -3.32. The molecule has 3 aromatic carbocycles. The lowest BCUT2D eigenvalue weighted by Crippen LogP contribution is -2.15. The SMILES string of the molecule is Cc1ccc(-n2nc(C(=O)Nc3ccc(Br)cc3C)nc2-c2ccc(F)cc2)cc1. The van der Waals surface area contributed by atoms with Gasteiger partial charge in [0, 0.05) is 15.7 Å². The van der Waals surface area contributed by atoms with Crippen molar-refractivity contribution in [3.8, 4) is 17.1 Å². The molecule has 1 N–H and O–H groups in total. The summed E-state index contributed by atoms with van der Waals surface area (Å²) >= 11 is 3.41. The normalized spacial score (nSPS) is 10.8. The van der Waals surface area contributed by atoms with Crippen molar-refractivity contribution in [3.63, 3.8) is 0 Å². The second-order valence-electron chi connectivity index (χ2n) is 6.93. The molecule has 0 atom stereocenters. The number of rotatable bonds is 4. The first-order valence-electron chi connectivity index (χ1n) is 9.28.